The van der Waals surface area contributed by atoms with Crippen LogP contribution in [0.25, 0.3) is 0 Å². The molecule has 0 bridgehead atoms. The minimum atomic E-state index is -3.13. The Hall–Kier alpha value is -1.07. The monoisotopic (exact) mass is 269 g/mol. The Morgan fingerprint density at radius 3 is 2.78 bits per heavy atom. The zero-order chi connectivity index (χ0) is 13.3. The van der Waals surface area contributed by atoms with Gasteiger partial charge >= 0.3 is 0 Å². The van der Waals surface area contributed by atoms with Crippen molar-refractivity contribution in [2.45, 2.75) is 31.1 Å². The Morgan fingerprint density at radius 2 is 2.11 bits per heavy atom. The van der Waals surface area contributed by atoms with Crippen molar-refractivity contribution in [2.24, 2.45) is 5.73 Å². The summed E-state index contributed by atoms with van der Waals surface area (Å²) < 4.78 is 28.6. The molecule has 0 fully saturated rings. The van der Waals surface area contributed by atoms with Crippen LogP contribution < -0.4 is 10.5 Å². The smallest absolute Gasteiger partial charge is 0.151 e. The number of rotatable bonds is 3. The van der Waals surface area contributed by atoms with Crippen LogP contribution in [0.5, 0.6) is 5.75 Å². The summed E-state index contributed by atoms with van der Waals surface area (Å²) in [4.78, 5) is 0. The third-order valence-corrected chi connectivity index (χ3v) is 5.14. The van der Waals surface area contributed by atoms with E-state index in [0.29, 0.717) is 0 Å². The zero-order valence-corrected chi connectivity index (χ0v) is 11.5. The molecule has 5 heteroatoms. The second-order valence-corrected chi connectivity index (χ2v) is 7.28. The molecule has 2 N–H and O–H groups in total. The molecule has 2 unspecified atom stereocenters. The fourth-order valence-corrected chi connectivity index (χ4v) is 2.81. The summed E-state index contributed by atoms with van der Waals surface area (Å²) in [6.45, 7) is 2.40. The molecular formula is C13H19NO3S. The average Bonchev–Trinajstić information content (AvgIpc) is 2.35. The molecule has 1 aromatic rings. The summed E-state index contributed by atoms with van der Waals surface area (Å²) in [5.74, 6) is 0.893. The third kappa shape index (κ3) is 2.67. The molecule has 0 saturated heterocycles. The molecule has 2 atom stereocenters. The maximum absolute atomic E-state index is 11.5. The highest BCUT2D eigenvalue weighted by molar-refractivity contribution is 7.91. The van der Waals surface area contributed by atoms with Crippen molar-refractivity contribution < 1.29 is 13.2 Å². The van der Waals surface area contributed by atoms with E-state index in [0.717, 1.165) is 36.3 Å². The largest absolute Gasteiger partial charge is 0.493 e. The average molecular weight is 269 g/mol. The first-order valence-electron chi connectivity index (χ1n) is 6.09. The van der Waals surface area contributed by atoms with Crippen LogP contribution in [0.2, 0.25) is 0 Å². The predicted octanol–water partition coefficient (Wildman–Crippen LogP) is 1.44. The molecule has 0 aromatic heterocycles. The lowest BCUT2D eigenvalue weighted by Gasteiger charge is -2.22. The number of benzene rings is 1. The molecule has 0 aliphatic carbocycles. The van der Waals surface area contributed by atoms with Crippen molar-refractivity contribution >= 4 is 9.84 Å². The van der Waals surface area contributed by atoms with Gasteiger partial charge in [-0.1, -0.05) is 12.1 Å². The van der Waals surface area contributed by atoms with Gasteiger partial charge in [-0.15, -0.1) is 0 Å². The Morgan fingerprint density at radius 1 is 1.39 bits per heavy atom. The number of nitrogens with two attached hydrogens (primary N) is 1. The van der Waals surface area contributed by atoms with E-state index in [1.165, 1.54) is 6.26 Å². The number of ether oxygens (including phenoxy) is 1. The first-order chi connectivity index (χ1) is 8.39. The Labute approximate surface area is 108 Å². The van der Waals surface area contributed by atoms with Crippen LogP contribution in [0.1, 0.15) is 30.5 Å². The summed E-state index contributed by atoms with van der Waals surface area (Å²) in [5, 5.41) is -0.583. The van der Waals surface area contributed by atoms with Gasteiger partial charge in [-0.2, -0.15) is 0 Å². The summed E-state index contributed by atoms with van der Waals surface area (Å²) in [7, 11) is -3.13. The maximum atomic E-state index is 11.5. The molecule has 0 amide bonds. The first kappa shape index (κ1) is 13.4. The molecular weight excluding hydrogens is 250 g/mol. The third-order valence-electron chi connectivity index (χ3n) is 3.50. The summed E-state index contributed by atoms with van der Waals surface area (Å²) >= 11 is 0. The van der Waals surface area contributed by atoms with Crippen LogP contribution in [0.4, 0.5) is 0 Å². The van der Waals surface area contributed by atoms with E-state index in [-0.39, 0.29) is 0 Å². The van der Waals surface area contributed by atoms with Crippen LogP contribution in [0, 0.1) is 0 Å². The van der Waals surface area contributed by atoms with E-state index in [9.17, 15) is 8.42 Å². The lowest BCUT2D eigenvalue weighted by atomic mass is 9.98. The van der Waals surface area contributed by atoms with Gasteiger partial charge in [-0.25, -0.2) is 8.42 Å². The van der Waals surface area contributed by atoms with Gasteiger partial charge in [-0.3, -0.25) is 0 Å². The lowest BCUT2D eigenvalue weighted by Crippen LogP contribution is -2.30. The fourth-order valence-electron chi connectivity index (χ4n) is 2.12. The van der Waals surface area contributed by atoms with Crippen molar-refractivity contribution in [2.75, 3.05) is 12.9 Å². The van der Waals surface area contributed by atoms with Gasteiger partial charge in [0.05, 0.1) is 11.9 Å². The second kappa shape index (κ2) is 4.90. The van der Waals surface area contributed by atoms with E-state index >= 15 is 0 Å². The second-order valence-electron chi connectivity index (χ2n) is 4.88. The number of sulfone groups is 1. The summed E-state index contributed by atoms with van der Waals surface area (Å²) in [5.41, 5.74) is 8.02. The molecule has 1 heterocycles. The minimum absolute atomic E-state index is 0.493. The first-order valence-corrected chi connectivity index (χ1v) is 8.05. The molecule has 1 aliphatic rings. The highest BCUT2D eigenvalue weighted by Gasteiger charge is 2.25. The molecule has 1 aromatic carbocycles. The van der Waals surface area contributed by atoms with Crippen molar-refractivity contribution in [3.63, 3.8) is 0 Å². The molecule has 1 aliphatic heterocycles. The van der Waals surface area contributed by atoms with Gasteiger partial charge in [0.2, 0.25) is 0 Å². The molecule has 0 saturated carbocycles. The van der Waals surface area contributed by atoms with Crippen molar-refractivity contribution in [3.05, 3.63) is 29.3 Å². The van der Waals surface area contributed by atoms with E-state index in [1.807, 2.05) is 18.2 Å². The van der Waals surface area contributed by atoms with E-state index in [2.05, 4.69) is 0 Å². The van der Waals surface area contributed by atoms with Gasteiger partial charge in [0, 0.05) is 12.3 Å². The molecule has 4 nitrogen and oxygen atoms in total. The molecule has 100 valence electrons. The quantitative estimate of drug-likeness (QED) is 0.901. The van der Waals surface area contributed by atoms with Crippen LogP contribution in [0.3, 0.4) is 0 Å². The minimum Gasteiger partial charge on any atom is -0.493 e. The molecule has 0 spiro atoms. The number of hydrogen-bond donors (Lipinski definition) is 1. The van der Waals surface area contributed by atoms with E-state index < -0.39 is 21.1 Å². The lowest BCUT2D eigenvalue weighted by molar-refractivity contribution is 0.288. The summed E-state index contributed by atoms with van der Waals surface area (Å²) in [6.07, 6.45) is 3.18. The topological polar surface area (TPSA) is 69.4 Å². The van der Waals surface area contributed by atoms with Crippen molar-refractivity contribution in [1.82, 2.24) is 0 Å². The number of fused-ring (bicyclic) bond motifs is 1. The highest BCUT2D eigenvalue weighted by atomic mass is 32.2. The van der Waals surface area contributed by atoms with E-state index in [1.54, 1.807) is 6.92 Å². The Kier molecular flexibility index (Phi) is 3.64. The fraction of sp³-hybridized carbons (Fsp3) is 0.538. The highest BCUT2D eigenvalue weighted by Crippen LogP contribution is 2.29. The van der Waals surface area contributed by atoms with Gasteiger partial charge < -0.3 is 10.5 Å². The van der Waals surface area contributed by atoms with Crippen LogP contribution in [-0.2, 0) is 16.3 Å². The normalized spacial score (nSPS) is 18.6. The van der Waals surface area contributed by atoms with E-state index in [4.69, 9.17) is 10.5 Å². The Bertz CT molecular complexity index is 539. The molecule has 2 rings (SSSR count). The zero-order valence-electron chi connectivity index (χ0n) is 10.7. The van der Waals surface area contributed by atoms with Gasteiger partial charge in [0.15, 0.2) is 9.84 Å². The standard InChI is InChI=1S/C13H19NO3S/c1-9(18(2,15)16)13(14)11-5-6-12-10(8-11)4-3-7-17-12/h5-6,8-9,13H,3-4,7,14H2,1-2H3. The molecule has 0 radical (unpaired) electrons. The van der Waals surface area contributed by atoms with Crippen LogP contribution >= 0.6 is 0 Å². The molecule has 18 heavy (non-hydrogen) atoms. The van der Waals surface area contributed by atoms with Crippen molar-refractivity contribution in [1.29, 1.82) is 0 Å². The maximum Gasteiger partial charge on any atom is 0.151 e. The van der Waals surface area contributed by atoms with Crippen molar-refractivity contribution in [3.8, 4) is 5.75 Å². The predicted molar refractivity (Wildman–Crippen MR) is 71.5 cm³/mol. The summed E-state index contributed by atoms with van der Waals surface area (Å²) in [6, 6.07) is 5.22. The number of aryl methyl sites for hydroxylation is 1. The van der Waals surface area contributed by atoms with Gasteiger partial charge in [0.1, 0.15) is 5.75 Å². The Balaban J connectivity index is 2.29. The van der Waals surface area contributed by atoms with Crippen LogP contribution in [0.15, 0.2) is 18.2 Å². The van der Waals surface area contributed by atoms with Gasteiger partial charge in [-0.05, 0) is 37.0 Å². The number of hydrogen-bond acceptors (Lipinski definition) is 4. The SMILES string of the molecule is CC(C(N)c1ccc2c(c1)CCCO2)S(C)(=O)=O. The van der Waals surface area contributed by atoms with Crippen LogP contribution in [-0.4, -0.2) is 26.5 Å². The van der Waals surface area contributed by atoms with Gasteiger partial charge in [0.25, 0.3) is 0 Å².